The van der Waals surface area contributed by atoms with Crippen LogP contribution in [0.4, 0.5) is 0 Å². The third kappa shape index (κ3) is 3.93. The average Bonchev–Trinajstić information content (AvgIpc) is 1.91. The van der Waals surface area contributed by atoms with Crippen molar-refractivity contribution < 1.29 is 14.7 Å². The summed E-state index contributed by atoms with van der Waals surface area (Å²) in [7, 11) is 1.49. The number of aliphatic hydroxyl groups is 1. The molecular formula is C5H11NO3. The second-order valence-corrected chi connectivity index (χ2v) is 1.47. The number of hydrogen-bond donors (Lipinski definition) is 1. The fraction of sp³-hybridized carbons (Fsp3) is 0.800. The standard InChI is InChI=1S/C5H11NO3/c1-6-9-4-5(3-7)8-2/h5,7H,1,3-4H2,2H3. The summed E-state index contributed by atoms with van der Waals surface area (Å²) >= 11 is 0. The van der Waals surface area contributed by atoms with E-state index in [2.05, 4.69) is 16.7 Å². The van der Waals surface area contributed by atoms with Gasteiger partial charge in [-0.3, -0.25) is 0 Å². The van der Waals surface area contributed by atoms with Crippen LogP contribution in [0.25, 0.3) is 0 Å². The first-order valence-corrected chi connectivity index (χ1v) is 2.56. The molecule has 0 aromatic carbocycles. The minimum Gasteiger partial charge on any atom is -0.394 e. The summed E-state index contributed by atoms with van der Waals surface area (Å²) in [6.07, 6.45) is -0.296. The first-order valence-electron chi connectivity index (χ1n) is 2.56. The molecule has 0 rings (SSSR count). The highest BCUT2D eigenvalue weighted by atomic mass is 16.6. The largest absolute Gasteiger partial charge is 0.394 e. The molecule has 0 fully saturated rings. The molecule has 0 saturated heterocycles. The van der Waals surface area contributed by atoms with E-state index in [-0.39, 0.29) is 19.3 Å². The minimum absolute atomic E-state index is 0.0635. The minimum atomic E-state index is -0.296. The Balaban J connectivity index is 3.19. The molecular weight excluding hydrogens is 122 g/mol. The van der Waals surface area contributed by atoms with Crippen LogP contribution in [0.1, 0.15) is 0 Å². The average molecular weight is 133 g/mol. The Morgan fingerprint density at radius 2 is 2.44 bits per heavy atom. The SMILES string of the molecule is C=NOCC(CO)OC. The van der Waals surface area contributed by atoms with Crippen LogP contribution in [-0.2, 0) is 9.57 Å². The maximum absolute atomic E-state index is 8.49. The summed E-state index contributed by atoms with van der Waals surface area (Å²) in [5.41, 5.74) is 0. The molecule has 0 aliphatic carbocycles. The lowest BCUT2D eigenvalue weighted by Crippen LogP contribution is -2.20. The van der Waals surface area contributed by atoms with Gasteiger partial charge in [0.2, 0.25) is 0 Å². The third-order valence-corrected chi connectivity index (χ3v) is 0.889. The quantitative estimate of drug-likeness (QED) is 0.411. The van der Waals surface area contributed by atoms with E-state index in [1.165, 1.54) is 7.11 Å². The van der Waals surface area contributed by atoms with Gasteiger partial charge in [-0.1, -0.05) is 0 Å². The Morgan fingerprint density at radius 3 is 2.78 bits per heavy atom. The summed E-state index contributed by atoms with van der Waals surface area (Å²) in [6, 6.07) is 0. The number of aliphatic hydroxyl groups excluding tert-OH is 1. The van der Waals surface area contributed by atoms with Crippen LogP contribution in [-0.4, -0.2) is 38.3 Å². The van der Waals surface area contributed by atoms with Gasteiger partial charge < -0.3 is 14.7 Å². The number of methoxy groups -OCH3 is 1. The van der Waals surface area contributed by atoms with Crippen LogP contribution in [0.15, 0.2) is 5.16 Å². The zero-order valence-electron chi connectivity index (χ0n) is 5.41. The van der Waals surface area contributed by atoms with Crippen molar-refractivity contribution in [1.29, 1.82) is 0 Å². The van der Waals surface area contributed by atoms with Crippen molar-refractivity contribution in [2.45, 2.75) is 6.10 Å². The van der Waals surface area contributed by atoms with Gasteiger partial charge in [-0.2, -0.15) is 0 Å². The van der Waals surface area contributed by atoms with Crippen molar-refractivity contribution in [3.8, 4) is 0 Å². The number of hydrogen-bond acceptors (Lipinski definition) is 4. The van der Waals surface area contributed by atoms with Gasteiger partial charge in [0.1, 0.15) is 12.7 Å². The molecule has 0 aromatic heterocycles. The summed E-state index contributed by atoms with van der Waals surface area (Å²) in [5, 5.41) is 11.6. The number of rotatable bonds is 5. The topological polar surface area (TPSA) is 51.0 Å². The normalized spacial score (nSPS) is 12.7. The number of ether oxygens (including phenoxy) is 1. The molecule has 1 N–H and O–H groups in total. The molecule has 0 amide bonds. The smallest absolute Gasteiger partial charge is 0.145 e. The molecule has 4 nitrogen and oxygen atoms in total. The van der Waals surface area contributed by atoms with Crippen molar-refractivity contribution in [3.05, 3.63) is 0 Å². The first-order chi connectivity index (χ1) is 4.35. The molecule has 1 unspecified atom stereocenters. The molecule has 0 radical (unpaired) electrons. The summed E-state index contributed by atoms with van der Waals surface area (Å²) in [6.45, 7) is 3.27. The van der Waals surface area contributed by atoms with E-state index in [1.807, 2.05) is 0 Å². The number of nitrogens with zero attached hydrogens (tertiary/aromatic N) is 1. The third-order valence-electron chi connectivity index (χ3n) is 0.889. The second-order valence-electron chi connectivity index (χ2n) is 1.47. The van der Waals surface area contributed by atoms with Crippen molar-refractivity contribution in [3.63, 3.8) is 0 Å². The molecule has 9 heavy (non-hydrogen) atoms. The van der Waals surface area contributed by atoms with Crippen molar-refractivity contribution in [2.75, 3.05) is 20.3 Å². The summed E-state index contributed by atoms with van der Waals surface area (Å²) in [5.74, 6) is 0. The predicted molar refractivity (Wildman–Crippen MR) is 33.4 cm³/mol. The van der Waals surface area contributed by atoms with Gasteiger partial charge in [-0.05, 0) is 0 Å². The van der Waals surface area contributed by atoms with Gasteiger partial charge in [0.15, 0.2) is 0 Å². The van der Waals surface area contributed by atoms with Crippen molar-refractivity contribution in [1.82, 2.24) is 0 Å². The molecule has 0 aliphatic rings. The van der Waals surface area contributed by atoms with E-state index in [4.69, 9.17) is 9.84 Å². The molecule has 0 saturated carbocycles. The van der Waals surface area contributed by atoms with Crippen LogP contribution in [0.3, 0.4) is 0 Å². The molecule has 0 aromatic rings. The molecule has 1 atom stereocenters. The van der Waals surface area contributed by atoms with Gasteiger partial charge in [0, 0.05) is 13.8 Å². The first kappa shape index (κ1) is 8.39. The van der Waals surface area contributed by atoms with E-state index in [0.717, 1.165) is 0 Å². The molecule has 0 spiro atoms. The maximum atomic E-state index is 8.49. The van der Waals surface area contributed by atoms with Gasteiger partial charge >= 0.3 is 0 Å². The van der Waals surface area contributed by atoms with E-state index < -0.39 is 0 Å². The zero-order valence-corrected chi connectivity index (χ0v) is 5.41. The van der Waals surface area contributed by atoms with E-state index in [9.17, 15) is 0 Å². The Morgan fingerprint density at radius 1 is 1.78 bits per heavy atom. The maximum Gasteiger partial charge on any atom is 0.145 e. The van der Waals surface area contributed by atoms with Gasteiger partial charge in [0.25, 0.3) is 0 Å². The predicted octanol–water partition coefficient (Wildman–Crippen LogP) is -0.374. The Bertz CT molecular complexity index is 72.6. The fourth-order valence-electron chi connectivity index (χ4n) is 0.331. The monoisotopic (exact) mass is 133 g/mol. The molecule has 0 bridgehead atoms. The van der Waals surface area contributed by atoms with Crippen LogP contribution in [0.2, 0.25) is 0 Å². The lowest BCUT2D eigenvalue weighted by atomic mass is 10.4. The summed E-state index contributed by atoms with van der Waals surface area (Å²) < 4.78 is 4.74. The lowest BCUT2D eigenvalue weighted by Gasteiger charge is -2.08. The molecule has 0 aliphatic heterocycles. The van der Waals surface area contributed by atoms with E-state index in [0.29, 0.717) is 0 Å². The highest BCUT2D eigenvalue weighted by molar-refractivity contribution is 5.21. The highest BCUT2D eigenvalue weighted by Crippen LogP contribution is 1.88. The fourth-order valence-corrected chi connectivity index (χ4v) is 0.331. The summed E-state index contributed by atoms with van der Waals surface area (Å²) in [4.78, 5) is 4.51. The van der Waals surface area contributed by atoms with Crippen LogP contribution in [0, 0.1) is 0 Å². The van der Waals surface area contributed by atoms with Gasteiger partial charge in [0.05, 0.1) is 6.61 Å². The van der Waals surface area contributed by atoms with Crippen molar-refractivity contribution >= 4 is 6.72 Å². The molecule has 0 heterocycles. The van der Waals surface area contributed by atoms with E-state index in [1.54, 1.807) is 0 Å². The van der Waals surface area contributed by atoms with Gasteiger partial charge in [-0.15, -0.1) is 5.16 Å². The Hall–Kier alpha value is -0.610. The van der Waals surface area contributed by atoms with Crippen LogP contribution < -0.4 is 0 Å². The van der Waals surface area contributed by atoms with E-state index >= 15 is 0 Å². The Labute approximate surface area is 54.1 Å². The lowest BCUT2D eigenvalue weighted by molar-refractivity contribution is -0.0178. The molecule has 4 heteroatoms. The highest BCUT2D eigenvalue weighted by Gasteiger charge is 2.03. The zero-order chi connectivity index (χ0) is 7.11. The Kier molecular flexibility index (Phi) is 5.15. The molecule has 54 valence electrons. The van der Waals surface area contributed by atoms with Crippen molar-refractivity contribution in [2.24, 2.45) is 5.16 Å². The van der Waals surface area contributed by atoms with Gasteiger partial charge in [-0.25, -0.2) is 0 Å². The second kappa shape index (κ2) is 5.53. The number of oxime groups is 1. The van der Waals surface area contributed by atoms with Crippen LogP contribution in [0.5, 0.6) is 0 Å². The van der Waals surface area contributed by atoms with Crippen LogP contribution >= 0.6 is 0 Å².